The molecule has 0 aliphatic carbocycles. The summed E-state index contributed by atoms with van der Waals surface area (Å²) in [7, 11) is 1.68. The minimum absolute atomic E-state index is 0.0561. The third-order valence-corrected chi connectivity index (χ3v) is 7.08. The number of benzene rings is 2. The fraction of sp³-hybridized carbons (Fsp3) is 0.214. The van der Waals surface area contributed by atoms with Gasteiger partial charge in [0.2, 0.25) is 0 Å². The molecule has 1 aliphatic rings. The Balaban J connectivity index is 1.71. The lowest BCUT2D eigenvalue weighted by molar-refractivity contribution is 0.415. The van der Waals surface area contributed by atoms with E-state index in [1.165, 1.54) is 22.5 Å². The highest BCUT2D eigenvalue weighted by Crippen LogP contribution is 2.45. The van der Waals surface area contributed by atoms with Crippen molar-refractivity contribution < 1.29 is 4.74 Å². The van der Waals surface area contributed by atoms with Gasteiger partial charge in [-0.25, -0.2) is 0 Å². The molecule has 5 rings (SSSR count). The Morgan fingerprint density at radius 2 is 1.56 bits per heavy atom. The number of rotatable bonds is 5. The highest BCUT2D eigenvalue weighted by Gasteiger charge is 2.43. The number of para-hydroxylation sites is 1. The van der Waals surface area contributed by atoms with Crippen LogP contribution in [0.5, 0.6) is 5.75 Å². The second-order valence-electron chi connectivity index (χ2n) is 8.58. The zero-order chi connectivity index (χ0) is 23.8. The SMILES string of the molecule is COc1ccc(N2C(=S)N[C@H](c3ccccn3)[C@H]2c2c(C)c(C)n(-c3ccccc3)c2C)cc1. The van der Waals surface area contributed by atoms with E-state index in [0.29, 0.717) is 5.11 Å². The lowest BCUT2D eigenvalue weighted by atomic mass is 9.93. The Labute approximate surface area is 206 Å². The summed E-state index contributed by atoms with van der Waals surface area (Å²) >= 11 is 5.91. The number of nitrogens with zero attached hydrogens (tertiary/aromatic N) is 3. The fourth-order valence-electron chi connectivity index (χ4n) is 5.08. The van der Waals surface area contributed by atoms with Crippen LogP contribution in [0.1, 0.15) is 40.3 Å². The predicted octanol–water partition coefficient (Wildman–Crippen LogP) is 5.98. The molecule has 172 valence electrons. The first-order valence-corrected chi connectivity index (χ1v) is 11.8. The molecule has 0 bridgehead atoms. The molecular weight excluding hydrogens is 440 g/mol. The van der Waals surface area contributed by atoms with Crippen LogP contribution in [-0.4, -0.2) is 21.8 Å². The average Bonchev–Trinajstić information content (AvgIpc) is 3.32. The van der Waals surface area contributed by atoms with Gasteiger partial charge in [0.15, 0.2) is 5.11 Å². The van der Waals surface area contributed by atoms with E-state index in [9.17, 15) is 0 Å². The van der Waals surface area contributed by atoms with E-state index in [4.69, 9.17) is 21.9 Å². The van der Waals surface area contributed by atoms with Gasteiger partial charge >= 0.3 is 0 Å². The lowest BCUT2D eigenvalue weighted by Crippen LogP contribution is -2.29. The Hall–Kier alpha value is -3.64. The highest BCUT2D eigenvalue weighted by atomic mass is 32.1. The maximum absolute atomic E-state index is 5.91. The van der Waals surface area contributed by atoms with E-state index in [1.54, 1.807) is 7.11 Å². The number of ether oxygens (including phenoxy) is 1. The summed E-state index contributed by atoms with van der Waals surface area (Å²) in [6, 6.07) is 24.5. The summed E-state index contributed by atoms with van der Waals surface area (Å²) in [4.78, 5) is 6.92. The van der Waals surface area contributed by atoms with E-state index < -0.39 is 0 Å². The average molecular weight is 469 g/mol. The first kappa shape index (κ1) is 22.2. The monoisotopic (exact) mass is 468 g/mol. The van der Waals surface area contributed by atoms with E-state index >= 15 is 0 Å². The van der Waals surface area contributed by atoms with Gasteiger partial charge in [0, 0.05) is 34.5 Å². The van der Waals surface area contributed by atoms with Gasteiger partial charge in [-0.05, 0) is 87.1 Å². The summed E-state index contributed by atoms with van der Waals surface area (Å²) in [5, 5.41) is 4.26. The van der Waals surface area contributed by atoms with Gasteiger partial charge in [-0.2, -0.15) is 0 Å². The van der Waals surface area contributed by atoms with Gasteiger partial charge in [0.25, 0.3) is 0 Å². The number of hydrogen-bond acceptors (Lipinski definition) is 3. The Bertz CT molecular complexity index is 1320. The predicted molar refractivity (Wildman–Crippen MR) is 141 cm³/mol. The molecule has 1 saturated heterocycles. The van der Waals surface area contributed by atoms with Crippen molar-refractivity contribution in [3.63, 3.8) is 0 Å². The summed E-state index contributed by atoms with van der Waals surface area (Å²) in [5.41, 5.74) is 8.10. The van der Waals surface area contributed by atoms with Crippen LogP contribution in [0.25, 0.3) is 5.69 Å². The minimum Gasteiger partial charge on any atom is -0.497 e. The Morgan fingerprint density at radius 3 is 2.21 bits per heavy atom. The van der Waals surface area contributed by atoms with E-state index in [2.05, 4.69) is 78.0 Å². The summed E-state index contributed by atoms with van der Waals surface area (Å²) < 4.78 is 7.73. The molecule has 0 saturated carbocycles. The second-order valence-corrected chi connectivity index (χ2v) is 8.96. The van der Waals surface area contributed by atoms with Gasteiger partial charge in [-0.3, -0.25) is 4.98 Å². The molecule has 4 aromatic rings. The van der Waals surface area contributed by atoms with Gasteiger partial charge in [0.05, 0.1) is 24.9 Å². The molecule has 6 heteroatoms. The van der Waals surface area contributed by atoms with Crippen LogP contribution >= 0.6 is 12.2 Å². The van der Waals surface area contributed by atoms with E-state index in [1.807, 2.05) is 36.5 Å². The van der Waals surface area contributed by atoms with Gasteiger partial charge in [-0.1, -0.05) is 24.3 Å². The molecule has 2 aromatic heterocycles. The molecule has 34 heavy (non-hydrogen) atoms. The van der Waals surface area contributed by atoms with E-state index in [0.717, 1.165) is 22.8 Å². The molecule has 0 unspecified atom stereocenters. The molecule has 0 amide bonds. The van der Waals surface area contributed by atoms with Crippen LogP contribution in [0.15, 0.2) is 79.0 Å². The van der Waals surface area contributed by atoms with Crippen LogP contribution in [0, 0.1) is 20.8 Å². The zero-order valence-electron chi connectivity index (χ0n) is 19.8. The maximum atomic E-state index is 5.91. The number of thiocarbonyl (C=S) groups is 1. The van der Waals surface area contributed by atoms with E-state index in [-0.39, 0.29) is 12.1 Å². The molecule has 0 radical (unpaired) electrons. The van der Waals surface area contributed by atoms with Crippen molar-refractivity contribution in [2.45, 2.75) is 32.9 Å². The molecule has 1 fully saturated rings. The van der Waals surface area contributed by atoms with Crippen LogP contribution in [0.3, 0.4) is 0 Å². The number of hydrogen-bond donors (Lipinski definition) is 1. The van der Waals surface area contributed by atoms with Gasteiger partial charge < -0.3 is 19.5 Å². The molecule has 1 N–H and O–H groups in total. The third-order valence-electron chi connectivity index (χ3n) is 6.77. The molecule has 2 atom stereocenters. The standard InChI is InChI=1S/C28H28N4OS/c1-18-19(2)31(21-10-6-5-7-11-21)20(3)25(18)27-26(24-12-8-9-17-29-24)30-28(34)32(27)22-13-15-23(33-4)16-14-22/h5-17,26-27H,1-4H3,(H,30,34)/t26-,27-/m1/s1. The summed E-state index contributed by atoms with van der Waals surface area (Å²) in [5.74, 6) is 0.818. The number of aromatic nitrogens is 2. The maximum Gasteiger partial charge on any atom is 0.174 e. The normalized spacial score (nSPS) is 17.6. The molecule has 5 nitrogen and oxygen atoms in total. The quantitative estimate of drug-likeness (QED) is 0.365. The summed E-state index contributed by atoms with van der Waals surface area (Å²) in [6.45, 7) is 6.60. The van der Waals surface area contributed by atoms with Crippen molar-refractivity contribution in [2.24, 2.45) is 0 Å². The van der Waals surface area contributed by atoms with Gasteiger partial charge in [0.1, 0.15) is 5.75 Å². The largest absolute Gasteiger partial charge is 0.497 e. The van der Waals surface area contributed by atoms with Crippen LogP contribution in [-0.2, 0) is 0 Å². The van der Waals surface area contributed by atoms with Gasteiger partial charge in [-0.15, -0.1) is 0 Å². The van der Waals surface area contributed by atoms with Crippen molar-refractivity contribution in [2.75, 3.05) is 12.0 Å². The number of anilines is 1. The first-order valence-electron chi connectivity index (χ1n) is 11.4. The van der Waals surface area contributed by atoms with Crippen LogP contribution in [0.4, 0.5) is 5.69 Å². The molecule has 0 spiro atoms. The number of nitrogens with one attached hydrogen (secondary N) is 1. The summed E-state index contributed by atoms with van der Waals surface area (Å²) in [6.07, 6.45) is 1.84. The molecule has 3 heterocycles. The topological polar surface area (TPSA) is 42.3 Å². The second kappa shape index (κ2) is 8.95. The van der Waals surface area contributed by atoms with Crippen molar-refractivity contribution in [1.29, 1.82) is 0 Å². The van der Waals surface area contributed by atoms with Crippen LogP contribution in [0.2, 0.25) is 0 Å². The Kier molecular flexibility index (Phi) is 5.84. The minimum atomic E-state index is -0.0841. The third kappa shape index (κ3) is 3.64. The molecule has 2 aromatic carbocycles. The van der Waals surface area contributed by atoms with Crippen molar-refractivity contribution >= 4 is 23.0 Å². The number of methoxy groups -OCH3 is 1. The number of pyridine rings is 1. The Morgan fingerprint density at radius 1 is 0.853 bits per heavy atom. The zero-order valence-corrected chi connectivity index (χ0v) is 20.6. The smallest absolute Gasteiger partial charge is 0.174 e. The lowest BCUT2D eigenvalue weighted by Gasteiger charge is -2.29. The van der Waals surface area contributed by atoms with Crippen molar-refractivity contribution in [3.8, 4) is 11.4 Å². The van der Waals surface area contributed by atoms with Crippen LogP contribution < -0.4 is 15.0 Å². The van der Waals surface area contributed by atoms with Crippen molar-refractivity contribution in [3.05, 3.63) is 107 Å². The molecule has 1 aliphatic heterocycles. The van der Waals surface area contributed by atoms with Crippen molar-refractivity contribution in [1.82, 2.24) is 14.9 Å². The first-order chi connectivity index (χ1) is 16.5. The molecular formula is C28H28N4OS. The fourth-order valence-corrected chi connectivity index (χ4v) is 5.42. The highest BCUT2D eigenvalue weighted by molar-refractivity contribution is 7.80.